The fourth-order valence-corrected chi connectivity index (χ4v) is 2.46. The standard InChI is InChI=1S/C14H22N2O/c1-4-17-12-7-5-11(6-8-12)16-10-9-13(15)14(16,2)3/h5-8,13H,4,9-10,15H2,1-3H3. The van der Waals surface area contributed by atoms with Crippen molar-refractivity contribution in [2.24, 2.45) is 5.73 Å². The van der Waals surface area contributed by atoms with Crippen LogP contribution in [0.15, 0.2) is 24.3 Å². The molecule has 0 amide bonds. The zero-order valence-electron chi connectivity index (χ0n) is 10.9. The van der Waals surface area contributed by atoms with Gasteiger partial charge in [0.15, 0.2) is 0 Å². The second-order valence-electron chi connectivity index (χ2n) is 5.13. The summed E-state index contributed by atoms with van der Waals surface area (Å²) in [5, 5.41) is 0. The number of nitrogens with two attached hydrogens (primary N) is 1. The first kappa shape index (κ1) is 12.2. The number of rotatable bonds is 3. The van der Waals surface area contributed by atoms with Gasteiger partial charge in [-0.2, -0.15) is 0 Å². The Hall–Kier alpha value is -1.22. The van der Waals surface area contributed by atoms with Crippen molar-refractivity contribution >= 4 is 5.69 Å². The molecule has 3 nitrogen and oxygen atoms in total. The average Bonchev–Trinajstić information content (AvgIpc) is 2.56. The van der Waals surface area contributed by atoms with Crippen LogP contribution >= 0.6 is 0 Å². The van der Waals surface area contributed by atoms with Gasteiger partial charge >= 0.3 is 0 Å². The molecule has 3 heteroatoms. The van der Waals surface area contributed by atoms with Crippen molar-refractivity contribution in [3.63, 3.8) is 0 Å². The SMILES string of the molecule is CCOc1ccc(N2CCC(N)C2(C)C)cc1. The normalized spacial score (nSPS) is 22.8. The van der Waals surface area contributed by atoms with Crippen molar-refractivity contribution in [2.75, 3.05) is 18.1 Å². The van der Waals surface area contributed by atoms with Crippen molar-refractivity contribution in [1.82, 2.24) is 0 Å². The summed E-state index contributed by atoms with van der Waals surface area (Å²) in [6, 6.07) is 8.53. The fraction of sp³-hybridized carbons (Fsp3) is 0.571. The highest BCUT2D eigenvalue weighted by Crippen LogP contribution is 2.33. The lowest BCUT2D eigenvalue weighted by Gasteiger charge is -2.36. The lowest BCUT2D eigenvalue weighted by Crippen LogP contribution is -2.48. The highest BCUT2D eigenvalue weighted by Gasteiger charge is 2.38. The predicted molar refractivity (Wildman–Crippen MR) is 71.6 cm³/mol. The third-order valence-electron chi connectivity index (χ3n) is 3.73. The minimum Gasteiger partial charge on any atom is -0.494 e. The second-order valence-corrected chi connectivity index (χ2v) is 5.13. The minimum absolute atomic E-state index is 0.0349. The van der Waals surface area contributed by atoms with E-state index in [1.165, 1.54) is 5.69 Å². The number of nitrogens with zero attached hydrogens (tertiary/aromatic N) is 1. The van der Waals surface area contributed by atoms with Crippen LogP contribution in [0.4, 0.5) is 5.69 Å². The molecule has 1 aliphatic rings. The monoisotopic (exact) mass is 234 g/mol. The Bertz CT molecular complexity index is 372. The number of hydrogen-bond acceptors (Lipinski definition) is 3. The predicted octanol–water partition coefficient (Wildman–Crippen LogP) is 2.40. The van der Waals surface area contributed by atoms with Crippen molar-refractivity contribution in [1.29, 1.82) is 0 Å². The van der Waals surface area contributed by atoms with Crippen LogP contribution in [0, 0.1) is 0 Å². The minimum atomic E-state index is 0.0349. The lowest BCUT2D eigenvalue weighted by atomic mass is 9.96. The van der Waals surface area contributed by atoms with Crippen molar-refractivity contribution in [2.45, 2.75) is 38.8 Å². The first-order valence-corrected chi connectivity index (χ1v) is 6.31. The van der Waals surface area contributed by atoms with Crippen LogP contribution < -0.4 is 15.4 Å². The molecule has 1 aromatic carbocycles. The van der Waals surface area contributed by atoms with Gasteiger partial charge in [0.25, 0.3) is 0 Å². The van der Waals surface area contributed by atoms with Gasteiger partial charge in [0.2, 0.25) is 0 Å². The lowest BCUT2D eigenvalue weighted by molar-refractivity contribution is 0.340. The van der Waals surface area contributed by atoms with E-state index >= 15 is 0 Å². The molecule has 0 saturated carbocycles. The maximum Gasteiger partial charge on any atom is 0.119 e. The zero-order valence-corrected chi connectivity index (χ0v) is 10.9. The molecule has 0 aromatic heterocycles. The van der Waals surface area contributed by atoms with E-state index in [1.807, 2.05) is 19.1 Å². The summed E-state index contributed by atoms with van der Waals surface area (Å²) in [6.45, 7) is 8.15. The molecule has 1 heterocycles. The van der Waals surface area contributed by atoms with Crippen LogP contribution in [-0.4, -0.2) is 24.7 Å². The van der Waals surface area contributed by atoms with E-state index in [0.29, 0.717) is 6.61 Å². The molecule has 0 aliphatic carbocycles. The summed E-state index contributed by atoms with van der Waals surface area (Å²) in [4.78, 5) is 2.38. The molecule has 1 aliphatic heterocycles. The van der Waals surface area contributed by atoms with Crippen molar-refractivity contribution < 1.29 is 4.74 Å². The zero-order chi connectivity index (χ0) is 12.5. The van der Waals surface area contributed by atoms with Gasteiger partial charge in [-0.25, -0.2) is 0 Å². The summed E-state index contributed by atoms with van der Waals surface area (Å²) in [6.07, 6.45) is 1.06. The van der Waals surface area contributed by atoms with Crippen LogP contribution in [0.1, 0.15) is 27.2 Å². The third kappa shape index (κ3) is 2.25. The second kappa shape index (κ2) is 4.57. The highest BCUT2D eigenvalue weighted by atomic mass is 16.5. The number of ether oxygens (including phenoxy) is 1. The molecule has 94 valence electrons. The van der Waals surface area contributed by atoms with Crippen LogP contribution in [0.2, 0.25) is 0 Å². The van der Waals surface area contributed by atoms with Gasteiger partial charge in [0.05, 0.1) is 6.61 Å². The topological polar surface area (TPSA) is 38.5 Å². The summed E-state index contributed by atoms with van der Waals surface area (Å²) >= 11 is 0. The van der Waals surface area contributed by atoms with Gasteiger partial charge in [-0.1, -0.05) is 0 Å². The smallest absolute Gasteiger partial charge is 0.119 e. The van der Waals surface area contributed by atoms with Crippen molar-refractivity contribution in [3.8, 4) is 5.75 Å². The van der Waals surface area contributed by atoms with E-state index < -0.39 is 0 Å². The summed E-state index contributed by atoms with van der Waals surface area (Å²) in [5.74, 6) is 0.928. The van der Waals surface area contributed by atoms with Gasteiger partial charge in [0.1, 0.15) is 5.75 Å². The Balaban J connectivity index is 2.18. The molecule has 0 spiro atoms. The molecule has 1 saturated heterocycles. The molecular formula is C14H22N2O. The van der Waals surface area contributed by atoms with E-state index in [4.69, 9.17) is 10.5 Å². The number of benzene rings is 1. The Labute approximate surface area is 104 Å². The van der Waals surface area contributed by atoms with E-state index in [0.717, 1.165) is 18.7 Å². The van der Waals surface area contributed by atoms with Gasteiger partial charge in [0, 0.05) is 23.8 Å². The van der Waals surface area contributed by atoms with Crippen LogP contribution in [-0.2, 0) is 0 Å². The summed E-state index contributed by atoms with van der Waals surface area (Å²) in [7, 11) is 0. The quantitative estimate of drug-likeness (QED) is 0.872. The van der Waals surface area contributed by atoms with E-state index in [-0.39, 0.29) is 11.6 Å². The Kier molecular flexibility index (Phi) is 3.29. The van der Waals surface area contributed by atoms with Gasteiger partial charge in [-0.3, -0.25) is 0 Å². The molecule has 1 aromatic rings. The number of hydrogen-bond donors (Lipinski definition) is 1. The van der Waals surface area contributed by atoms with Gasteiger partial charge in [-0.15, -0.1) is 0 Å². The molecule has 17 heavy (non-hydrogen) atoms. The van der Waals surface area contributed by atoms with Gasteiger partial charge < -0.3 is 15.4 Å². The van der Waals surface area contributed by atoms with E-state index in [2.05, 4.69) is 30.9 Å². The van der Waals surface area contributed by atoms with Crippen LogP contribution in [0.5, 0.6) is 5.75 Å². The molecule has 2 N–H and O–H groups in total. The number of anilines is 1. The average molecular weight is 234 g/mol. The maximum absolute atomic E-state index is 6.15. The maximum atomic E-state index is 6.15. The molecule has 2 rings (SSSR count). The van der Waals surface area contributed by atoms with Gasteiger partial charge in [-0.05, 0) is 51.5 Å². The first-order valence-electron chi connectivity index (χ1n) is 6.31. The molecule has 0 bridgehead atoms. The molecule has 1 unspecified atom stereocenters. The summed E-state index contributed by atoms with van der Waals surface area (Å²) < 4.78 is 5.45. The highest BCUT2D eigenvalue weighted by molar-refractivity contribution is 5.52. The van der Waals surface area contributed by atoms with Crippen LogP contribution in [0.3, 0.4) is 0 Å². The van der Waals surface area contributed by atoms with Crippen LogP contribution in [0.25, 0.3) is 0 Å². The fourth-order valence-electron chi connectivity index (χ4n) is 2.46. The van der Waals surface area contributed by atoms with Crippen molar-refractivity contribution in [3.05, 3.63) is 24.3 Å². The summed E-state index contributed by atoms with van der Waals surface area (Å²) in [5.41, 5.74) is 7.41. The van der Waals surface area contributed by atoms with E-state index in [9.17, 15) is 0 Å². The molecular weight excluding hydrogens is 212 g/mol. The first-order chi connectivity index (χ1) is 8.05. The Morgan fingerprint density at radius 1 is 1.35 bits per heavy atom. The Morgan fingerprint density at radius 2 is 2.00 bits per heavy atom. The largest absolute Gasteiger partial charge is 0.494 e. The molecule has 0 radical (unpaired) electrons. The van der Waals surface area contributed by atoms with E-state index in [1.54, 1.807) is 0 Å². The third-order valence-corrected chi connectivity index (χ3v) is 3.73. The Morgan fingerprint density at radius 3 is 2.47 bits per heavy atom. The molecule has 1 atom stereocenters. The molecule has 1 fully saturated rings.